The van der Waals surface area contributed by atoms with Crippen molar-refractivity contribution in [1.82, 2.24) is 9.97 Å². The standard InChI is InChI=1S/C14H17N5O/c1-2-19(10-11-3-6-16-7-4-11)13-9-12(5-8-17-13)14(15)18-20/h3-9,20H,2,10H2,1H3,(H2,15,18). The second kappa shape index (κ2) is 6.51. The van der Waals surface area contributed by atoms with E-state index in [-0.39, 0.29) is 5.84 Å². The van der Waals surface area contributed by atoms with Gasteiger partial charge in [0.2, 0.25) is 0 Å². The van der Waals surface area contributed by atoms with Crippen LogP contribution < -0.4 is 10.6 Å². The number of rotatable bonds is 5. The van der Waals surface area contributed by atoms with Crippen LogP contribution in [0.15, 0.2) is 48.0 Å². The molecular formula is C14H17N5O. The molecule has 0 aliphatic carbocycles. The van der Waals surface area contributed by atoms with Crippen molar-refractivity contribution in [2.45, 2.75) is 13.5 Å². The number of nitrogens with zero attached hydrogens (tertiary/aromatic N) is 4. The molecule has 0 spiro atoms. The van der Waals surface area contributed by atoms with Crippen molar-refractivity contribution in [3.8, 4) is 0 Å². The number of hydrogen-bond acceptors (Lipinski definition) is 5. The number of hydrogen-bond donors (Lipinski definition) is 2. The first-order chi connectivity index (χ1) is 9.74. The maximum atomic E-state index is 8.73. The van der Waals surface area contributed by atoms with Gasteiger partial charge in [0, 0.05) is 37.2 Å². The van der Waals surface area contributed by atoms with E-state index in [9.17, 15) is 0 Å². The van der Waals surface area contributed by atoms with Crippen molar-refractivity contribution >= 4 is 11.7 Å². The molecule has 0 aliphatic rings. The van der Waals surface area contributed by atoms with Crippen molar-refractivity contribution in [1.29, 1.82) is 0 Å². The van der Waals surface area contributed by atoms with E-state index in [1.807, 2.05) is 12.1 Å². The van der Waals surface area contributed by atoms with E-state index in [0.29, 0.717) is 5.56 Å². The molecule has 0 bridgehead atoms. The minimum Gasteiger partial charge on any atom is -0.409 e. The molecule has 2 aromatic rings. The highest BCUT2D eigenvalue weighted by atomic mass is 16.4. The Bertz CT molecular complexity index is 585. The van der Waals surface area contributed by atoms with Crippen LogP contribution in [-0.4, -0.2) is 27.6 Å². The minimum atomic E-state index is 0.0774. The monoisotopic (exact) mass is 271 g/mol. The first kappa shape index (κ1) is 13.8. The molecule has 0 aliphatic heterocycles. The second-order valence-electron chi connectivity index (χ2n) is 4.26. The summed E-state index contributed by atoms with van der Waals surface area (Å²) < 4.78 is 0. The Hall–Kier alpha value is -2.63. The molecule has 0 radical (unpaired) electrons. The average Bonchev–Trinajstić information content (AvgIpc) is 2.53. The molecule has 0 unspecified atom stereocenters. The zero-order chi connectivity index (χ0) is 14.4. The van der Waals surface area contributed by atoms with E-state index in [2.05, 4.69) is 26.9 Å². The number of amidine groups is 1. The average molecular weight is 271 g/mol. The van der Waals surface area contributed by atoms with Crippen LogP contribution in [0, 0.1) is 0 Å². The number of pyridine rings is 2. The van der Waals surface area contributed by atoms with Crippen LogP contribution in [0.5, 0.6) is 0 Å². The fraction of sp³-hybridized carbons (Fsp3) is 0.214. The third-order valence-electron chi connectivity index (χ3n) is 2.98. The van der Waals surface area contributed by atoms with Crippen LogP contribution in [0.4, 0.5) is 5.82 Å². The lowest BCUT2D eigenvalue weighted by molar-refractivity contribution is 0.318. The van der Waals surface area contributed by atoms with E-state index in [0.717, 1.165) is 24.5 Å². The van der Waals surface area contributed by atoms with Gasteiger partial charge in [-0.25, -0.2) is 4.98 Å². The Morgan fingerprint density at radius 1 is 1.30 bits per heavy atom. The molecule has 0 saturated heterocycles. The lowest BCUT2D eigenvalue weighted by Crippen LogP contribution is -2.24. The van der Waals surface area contributed by atoms with Gasteiger partial charge in [-0.15, -0.1) is 0 Å². The number of nitrogens with two attached hydrogens (primary N) is 1. The van der Waals surface area contributed by atoms with E-state index in [4.69, 9.17) is 10.9 Å². The van der Waals surface area contributed by atoms with Gasteiger partial charge < -0.3 is 15.8 Å². The molecular weight excluding hydrogens is 254 g/mol. The van der Waals surface area contributed by atoms with Gasteiger partial charge in [0.25, 0.3) is 0 Å². The van der Waals surface area contributed by atoms with E-state index < -0.39 is 0 Å². The van der Waals surface area contributed by atoms with Crippen LogP contribution in [0.1, 0.15) is 18.1 Å². The summed E-state index contributed by atoms with van der Waals surface area (Å²) >= 11 is 0. The molecule has 0 fully saturated rings. The molecule has 20 heavy (non-hydrogen) atoms. The zero-order valence-electron chi connectivity index (χ0n) is 11.3. The number of aromatic nitrogens is 2. The first-order valence-corrected chi connectivity index (χ1v) is 6.32. The van der Waals surface area contributed by atoms with Crippen molar-refractivity contribution in [3.63, 3.8) is 0 Å². The van der Waals surface area contributed by atoms with Gasteiger partial charge in [0.05, 0.1) is 0 Å². The lowest BCUT2D eigenvalue weighted by Gasteiger charge is -2.22. The van der Waals surface area contributed by atoms with Gasteiger partial charge in [-0.05, 0) is 36.8 Å². The SMILES string of the molecule is CCN(Cc1ccncc1)c1cc(C(N)=NO)ccn1. The topological polar surface area (TPSA) is 87.6 Å². The smallest absolute Gasteiger partial charge is 0.170 e. The summed E-state index contributed by atoms with van der Waals surface area (Å²) in [5.41, 5.74) is 7.40. The van der Waals surface area contributed by atoms with Crippen LogP contribution >= 0.6 is 0 Å². The predicted octanol–water partition coefficient (Wildman–Crippen LogP) is 1.60. The molecule has 0 saturated carbocycles. The molecule has 0 aromatic carbocycles. The highest BCUT2D eigenvalue weighted by Gasteiger charge is 2.09. The summed E-state index contributed by atoms with van der Waals surface area (Å²) in [5, 5.41) is 11.7. The normalized spacial score (nSPS) is 11.3. The Kier molecular flexibility index (Phi) is 4.49. The Balaban J connectivity index is 2.23. The van der Waals surface area contributed by atoms with Gasteiger partial charge in [0.15, 0.2) is 5.84 Å². The zero-order valence-corrected chi connectivity index (χ0v) is 11.3. The van der Waals surface area contributed by atoms with Crippen molar-refractivity contribution in [2.24, 2.45) is 10.9 Å². The summed E-state index contributed by atoms with van der Waals surface area (Å²) in [7, 11) is 0. The second-order valence-corrected chi connectivity index (χ2v) is 4.26. The quantitative estimate of drug-likeness (QED) is 0.373. The molecule has 0 amide bonds. The Labute approximate surface area is 117 Å². The molecule has 0 atom stereocenters. The fourth-order valence-corrected chi connectivity index (χ4v) is 1.87. The number of anilines is 1. The summed E-state index contributed by atoms with van der Waals surface area (Å²) in [6, 6.07) is 7.45. The minimum absolute atomic E-state index is 0.0774. The van der Waals surface area contributed by atoms with Gasteiger partial charge in [-0.1, -0.05) is 5.16 Å². The Morgan fingerprint density at radius 3 is 2.70 bits per heavy atom. The van der Waals surface area contributed by atoms with Gasteiger partial charge in [-0.2, -0.15) is 0 Å². The van der Waals surface area contributed by atoms with Gasteiger partial charge in [-0.3, -0.25) is 4.98 Å². The maximum Gasteiger partial charge on any atom is 0.170 e. The molecule has 2 rings (SSSR count). The maximum absolute atomic E-state index is 8.73. The largest absolute Gasteiger partial charge is 0.409 e. The highest BCUT2D eigenvalue weighted by Crippen LogP contribution is 2.15. The van der Waals surface area contributed by atoms with Crippen molar-refractivity contribution in [3.05, 3.63) is 54.0 Å². The summed E-state index contributed by atoms with van der Waals surface area (Å²) in [4.78, 5) is 10.4. The summed E-state index contributed by atoms with van der Waals surface area (Å²) in [5.74, 6) is 0.863. The van der Waals surface area contributed by atoms with Crippen LogP contribution in [0.25, 0.3) is 0 Å². The molecule has 2 aromatic heterocycles. The molecule has 2 heterocycles. The molecule has 6 nitrogen and oxygen atoms in total. The highest BCUT2D eigenvalue weighted by molar-refractivity contribution is 5.97. The van der Waals surface area contributed by atoms with Crippen LogP contribution in [0.3, 0.4) is 0 Å². The Morgan fingerprint density at radius 2 is 2.05 bits per heavy atom. The predicted molar refractivity (Wildman–Crippen MR) is 77.7 cm³/mol. The summed E-state index contributed by atoms with van der Waals surface area (Å²) in [6.45, 7) is 3.58. The fourth-order valence-electron chi connectivity index (χ4n) is 1.87. The third kappa shape index (κ3) is 3.23. The summed E-state index contributed by atoms with van der Waals surface area (Å²) in [6.07, 6.45) is 5.19. The first-order valence-electron chi connectivity index (χ1n) is 6.32. The van der Waals surface area contributed by atoms with Crippen molar-refractivity contribution < 1.29 is 5.21 Å². The third-order valence-corrected chi connectivity index (χ3v) is 2.98. The number of oxime groups is 1. The van der Waals surface area contributed by atoms with Crippen molar-refractivity contribution in [2.75, 3.05) is 11.4 Å². The molecule has 104 valence electrons. The van der Waals surface area contributed by atoms with Crippen LogP contribution in [-0.2, 0) is 6.54 Å². The van der Waals surface area contributed by atoms with E-state index in [1.165, 1.54) is 0 Å². The van der Waals surface area contributed by atoms with Gasteiger partial charge >= 0.3 is 0 Å². The molecule has 3 N–H and O–H groups in total. The molecule has 6 heteroatoms. The van der Waals surface area contributed by atoms with E-state index >= 15 is 0 Å². The van der Waals surface area contributed by atoms with Crippen LogP contribution in [0.2, 0.25) is 0 Å². The lowest BCUT2D eigenvalue weighted by atomic mass is 10.2. The van der Waals surface area contributed by atoms with Gasteiger partial charge in [0.1, 0.15) is 5.82 Å². The van der Waals surface area contributed by atoms with E-state index in [1.54, 1.807) is 30.7 Å².